The Labute approximate surface area is 195 Å². The molecule has 174 valence electrons. The number of nitrogens with one attached hydrogen (secondary N) is 2. The average Bonchev–Trinajstić information content (AvgIpc) is 2.84. The second kappa shape index (κ2) is 11.6. The summed E-state index contributed by atoms with van der Waals surface area (Å²) < 4.78 is 0. The number of likely N-dealkylation sites (N-methyl/N-ethyl adjacent to an activating group) is 2. The number of aliphatic hydroxyl groups excluding tert-OH is 1. The van der Waals surface area contributed by atoms with E-state index in [-0.39, 0.29) is 18.4 Å². The first-order valence-electron chi connectivity index (χ1n) is 11.3. The lowest BCUT2D eigenvalue weighted by atomic mass is 9.99. The number of carbonyl (C=O) groups excluding carboxylic acids is 2. The predicted molar refractivity (Wildman–Crippen MR) is 132 cm³/mol. The largest absolute Gasteiger partial charge is 0.392 e. The quantitative estimate of drug-likeness (QED) is 0.446. The molecule has 0 aliphatic carbocycles. The van der Waals surface area contributed by atoms with E-state index in [2.05, 4.69) is 34.9 Å². The lowest BCUT2D eigenvalue weighted by Gasteiger charge is -2.31. The summed E-state index contributed by atoms with van der Waals surface area (Å²) in [5.74, 6) is -0.435. The van der Waals surface area contributed by atoms with E-state index in [1.54, 1.807) is 21.0 Å². The number of hydrogen-bond acceptors (Lipinski definition) is 4. The molecule has 3 rings (SSSR count). The van der Waals surface area contributed by atoms with Crippen molar-refractivity contribution in [2.75, 3.05) is 20.6 Å². The van der Waals surface area contributed by atoms with Crippen LogP contribution in [0.5, 0.6) is 0 Å². The Morgan fingerprint density at radius 2 is 1.58 bits per heavy atom. The van der Waals surface area contributed by atoms with Crippen LogP contribution in [-0.4, -0.2) is 60.6 Å². The summed E-state index contributed by atoms with van der Waals surface area (Å²) in [5, 5.41) is 17.8. The molecule has 33 heavy (non-hydrogen) atoms. The van der Waals surface area contributed by atoms with Crippen LogP contribution in [0.2, 0.25) is 0 Å². The molecule has 0 radical (unpaired) electrons. The van der Waals surface area contributed by atoms with Gasteiger partial charge in [0.05, 0.1) is 12.1 Å². The maximum absolute atomic E-state index is 13.5. The van der Waals surface area contributed by atoms with Crippen LogP contribution in [-0.2, 0) is 22.4 Å². The van der Waals surface area contributed by atoms with E-state index < -0.39 is 18.2 Å². The molecule has 3 aromatic rings. The molecule has 3 aromatic carbocycles. The Morgan fingerprint density at radius 1 is 0.909 bits per heavy atom. The minimum atomic E-state index is -0.689. The van der Waals surface area contributed by atoms with Crippen molar-refractivity contribution in [2.24, 2.45) is 0 Å². The zero-order chi connectivity index (χ0) is 23.8. The summed E-state index contributed by atoms with van der Waals surface area (Å²) in [4.78, 5) is 27.9. The van der Waals surface area contributed by atoms with E-state index in [0.29, 0.717) is 12.8 Å². The van der Waals surface area contributed by atoms with Gasteiger partial charge in [0, 0.05) is 20.0 Å². The summed E-state index contributed by atoms with van der Waals surface area (Å²) in [6.07, 6.45) is 0.240. The van der Waals surface area contributed by atoms with E-state index >= 15 is 0 Å². The molecule has 3 N–H and O–H groups in total. The number of aliphatic hydroxyl groups is 1. The highest BCUT2D eigenvalue weighted by molar-refractivity contribution is 5.90. The van der Waals surface area contributed by atoms with Crippen molar-refractivity contribution >= 4 is 22.6 Å². The standard InChI is InChI=1S/C27H33N3O3/c1-19(31)18-29-26(32)25(17-20-9-5-4-6-10-20)30(3)27(33)24(28-2)16-21-13-14-22-11-7-8-12-23(22)15-21/h4-15,19,24-25,28,31H,16-18H2,1-3H3,(H,29,32)/t19-,24-,25-/m1/s1. The van der Waals surface area contributed by atoms with E-state index in [4.69, 9.17) is 0 Å². The zero-order valence-electron chi connectivity index (χ0n) is 19.5. The molecule has 0 spiro atoms. The minimum absolute atomic E-state index is 0.138. The number of carbonyl (C=O) groups is 2. The van der Waals surface area contributed by atoms with Crippen LogP contribution in [0.25, 0.3) is 10.8 Å². The highest BCUT2D eigenvalue weighted by atomic mass is 16.3. The smallest absolute Gasteiger partial charge is 0.243 e. The number of rotatable bonds is 10. The third-order valence-corrected chi connectivity index (χ3v) is 5.86. The van der Waals surface area contributed by atoms with Gasteiger partial charge in [0.25, 0.3) is 0 Å². The fourth-order valence-electron chi connectivity index (χ4n) is 3.92. The molecular weight excluding hydrogens is 414 g/mol. The predicted octanol–water partition coefficient (Wildman–Crippen LogP) is 2.54. The van der Waals surface area contributed by atoms with Crippen LogP contribution in [0.15, 0.2) is 72.8 Å². The molecule has 6 heteroatoms. The van der Waals surface area contributed by atoms with Crippen molar-refractivity contribution in [3.8, 4) is 0 Å². The molecule has 0 aromatic heterocycles. The molecule has 3 atom stereocenters. The molecule has 0 saturated heterocycles. The van der Waals surface area contributed by atoms with Gasteiger partial charge in [-0.25, -0.2) is 0 Å². The Morgan fingerprint density at radius 3 is 2.24 bits per heavy atom. The monoisotopic (exact) mass is 447 g/mol. The summed E-state index contributed by atoms with van der Waals surface area (Å²) in [7, 11) is 3.43. The van der Waals surface area contributed by atoms with Gasteiger partial charge in [-0.15, -0.1) is 0 Å². The van der Waals surface area contributed by atoms with Crippen LogP contribution in [0, 0.1) is 0 Å². The van der Waals surface area contributed by atoms with E-state index in [0.717, 1.165) is 21.9 Å². The summed E-state index contributed by atoms with van der Waals surface area (Å²) >= 11 is 0. The number of amides is 2. The van der Waals surface area contributed by atoms with Crippen molar-refractivity contribution in [3.05, 3.63) is 83.9 Å². The Bertz CT molecular complexity index is 1070. The van der Waals surface area contributed by atoms with Crippen molar-refractivity contribution in [2.45, 2.75) is 38.0 Å². The van der Waals surface area contributed by atoms with E-state index in [1.165, 1.54) is 4.90 Å². The van der Waals surface area contributed by atoms with Gasteiger partial charge in [0.1, 0.15) is 6.04 Å². The molecule has 0 saturated carbocycles. The topological polar surface area (TPSA) is 81.7 Å². The number of benzene rings is 3. The number of nitrogens with zero attached hydrogens (tertiary/aromatic N) is 1. The van der Waals surface area contributed by atoms with Crippen LogP contribution < -0.4 is 10.6 Å². The van der Waals surface area contributed by atoms with Gasteiger partial charge in [-0.2, -0.15) is 0 Å². The van der Waals surface area contributed by atoms with Gasteiger partial charge in [-0.3, -0.25) is 9.59 Å². The number of hydrogen-bond donors (Lipinski definition) is 3. The van der Waals surface area contributed by atoms with Crippen LogP contribution >= 0.6 is 0 Å². The maximum Gasteiger partial charge on any atom is 0.243 e. The first-order chi connectivity index (χ1) is 15.9. The molecule has 0 bridgehead atoms. The lowest BCUT2D eigenvalue weighted by Crippen LogP contribution is -2.54. The molecular formula is C27H33N3O3. The third kappa shape index (κ3) is 6.63. The average molecular weight is 448 g/mol. The zero-order valence-corrected chi connectivity index (χ0v) is 19.5. The van der Waals surface area contributed by atoms with Gasteiger partial charge in [-0.1, -0.05) is 72.8 Å². The summed E-state index contributed by atoms with van der Waals surface area (Å²) in [6, 6.07) is 22.8. The number of fused-ring (bicyclic) bond motifs is 1. The lowest BCUT2D eigenvalue weighted by molar-refractivity contribution is -0.140. The van der Waals surface area contributed by atoms with Gasteiger partial charge in [0.15, 0.2) is 0 Å². The highest BCUT2D eigenvalue weighted by Gasteiger charge is 2.31. The SMILES string of the molecule is CN[C@H](Cc1ccc2ccccc2c1)C(=O)N(C)[C@H](Cc1ccccc1)C(=O)NC[C@@H](C)O. The van der Waals surface area contributed by atoms with Gasteiger partial charge in [-0.05, 0) is 42.3 Å². The molecule has 0 aliphatic rings. The van der Waals surface area contributed by atoms with Gasteiger partial charge in [0.2, 0.25) is 11.8 Å². The van der Waals surface area contributed by atoms with Gasteiger partial charge < -0.3 is 20.6 Å². The van der Waals surface area contributed by atoms with Crippen LogP contribution in [0.4, 0.5) is 0 Å². The van der Waals surface area contributed by atoms with E-state index in [9.17, 15) is 14.7 Å². The Hall–Kier alpha value is -3.22. The third-order valence-electron chi connectivity index (χ3n) is 5.86. The maximum atomic E-state index is 13.5. The molecule has 0 aliphatic heterocycles. The molecule has 6 nitrogen and oxygen atoms in total. The molecule has 2 amide bonds. The second-order valence-electron chi connectivity index (χ2n) is 8.48. The Balaban J connectivity index is 1.78. The molecule has 0 unspecified atom stereocenters. The van der Waals surface area contributed by atoms with Crippen molar-refractivity contribution < 1.29 is 14.7 Å². The fraction of sp³-hybridized carbons (Fsp3) is 0.333. The second-order valence-corrected chi connectivity index (χ2v) is 8.48. The normalized spacial score (nSPS) is 13.8. The Kier molecular flexibility index (Phi) is 8.58. The molecule has 0 heterocycles. The first kappa shape index (κ1) is 24.4. The first-order valence-corrected chi connectivity index (χ1v) is 11.3. The van der Waals surface area contributed by atoms with Crippen LogP contribution in [0.1, 0.15) is 18.1 Å². The van der Waals surface area contributed by atoms with Crippen molar-refractivity contribution in [3.63, 3.8) is 0 Å². The summed E-state index contributed by atoms with van der Waals surface area (Å²) in [5.41, 5.74) is 2.01. The van der Waals surface area contributed by atoms with Crippen LogP contribution in [0.3, 0.4) is 0 Å². The highest BCUT2D eigenvalue weighted by Crippen LogP contribution is 2.18. The minimum Gasteiger partial charge on any atom is -0.392 e. The summed E-state index contributed by atoms with van der Waals surface area (Å²) in [6.45, 7) is 1.75. The van der Waals surface area contributed by atoms with Crippen molar-refractivity contribution in [1.82, 2.24) is 15.5 Å². The fourth-order valence-corrected chi connectivity index (χ4v) is 3.92. The molecule has 0 fully saturated rings. The van der Waals surface area contributed by atoms with E-state index in [1.807, 2.05) is 48.5 Å². The van der Waals surface area contributed by atoms with Crippen molar-refractivity contribution in [1.29, 1.82) is 0 Å². The van der Waals surface area contributed by atoms with Gasteiger partial charge >= 0.3 is 0 Å².